The minimum absolute atomic E-state index is 0.562. The lowest BCUT2D eigenvalue weighted by molar-refractivity contribution is 0.286. The van der Waals surface area contributed by atoms with E-state index in [2.05, 4.69) is 14.5 Å². The molecule has 14 heavy (non-hydrogen) atoms. The molecule has 0 aromatic carbocycles. The van der Waals surface area contributed by atoms with E-state index in [0.717, 1.165) is 37.7 Å². The van der Waals surface area contributed by atoms with Crippen LogP contribution in [0.2, 0.25) is 0 Å². The maximum Gasteiger partial charge on any atom is 0.0946 e. The average Bonchev–Trinajstić information content (AvgIpc) is 2.70. The normalized spacial score (nSPS) is 20.0. The summed E-state index contributed by atoms with van der Waals surface area (Å²) in [5.74, 6) is 1.67. The quantitative estimate of drug-likeness (QED) is 0.706. The number of hydrogen-bond acceptors (Lipinski definition) is 3. The van der Waals surface area contributed by atoms with Crippen molar-refractivity contribution < 1.29 is 4.21 Å². The topological polar surface area (TPSA) is 38.1 Å². The molecule has 1 aromatic rings. The summed E-state index contributed by atoms with van der Waals surface area (Å²) in [5.41, 5.74) is 0. The average molecular weight is 213 g/mol. The van der Waals surface area contributed by atoms with Crippen LogP contribution in [0.25, 0.3) is 0 Å². The molecule has 1 aromatic heterocycles. The van der Waals surface area contributed by atoms with Crippen LogP contribution in [0.5, 0.6) is 0 Å². The van der Waals surface area contributed by atoms with Gasteiger partial charge in [-0.1, -0.05) is 0 Å². The highest BCUT2D eigenvalue weighted by Gasteiger charge is 2.14. The van der Waals surface area contributed by atoms with E-state index in [4.69, 9.17) is 0 Å². The summed E-state index contributed by atoms with van der Waals surface area (Å²) in [6.45, 7) is 3.96. The van der Waals surface area contributed by atoms with Crippen LogP contribution in [-0.4, -0.2) is 49.8 Å². The molecule has 1 saturated heterocycles. The fourth-order valence-electron chi connectivity index (χ4n) is 1.58. The molecule has 0 radical (unpaired) electrons. The van der Waals surface area contributed by atoms with Crippen molar-refractivity contribution in [1.29, 1.82) is 0 Å². The van der Waals surface area contributed by atoms with E-state index in [0.29, 0.717) is 0 Å². The number of hydrogen-bond donors (Lipinski definition) is 0. The van der Waals surface area contributed by atoms with Crippen molar-refractivity contribution in [3.63, 3.8) is 0 Å². The monoisotopic (exact) mass is 213 g/mol. The second-order valence-electron chi connectivity index (χ2n) is 3.49. The van der Waals surface area contributed by atoms with Crippen LogP contribution in [0.1, 0.15) is 0 Å². The molecule has 0 aliphatic carbocycles. The van der Waals surface area contributed by atoms with Gasteiger partial charge < -0.3 is 4.57 Å². The van der Waals surface area contributed by atoms with E-state index in [1.165, 1.54) is 0 Å². The molecule has 1 aliphatic rings. The first-order chi connectivity index (χ1) is 6.84. The third-order valence-electron chi connectivity index (χ3n) is 2.50. The smallest absolute Gasteiger partial charge is 0.0946 e. The van der Waals surface area contributed by atoms with Gasteiger partial charge in [0.25, 0.3) is 0 Å². The highest BCUT2D eigenvalue weighted by atomic mass is 32.2. The molecule has 1 aliphatic heterocycles. The number of rotatable bonds is 3. The fourth-order valence-corrected chi connectivity index (χ4v) is 2.70. The Bertz CT molecular complexity index is 289. The van der Waals surface area contributed by atoms with Crippen LogP contribution in [0.3, 0.4) is 0 Å². The predicted octanol–water partition coefficient (Wildman–Crippen LogP) is -0.0526. The number of nitrogens with zero attached hydrogens (tertiary/aromatic N) is 3. The molecule has 1 fully saturated rings. The molecular formula is C9H15N3OS. The Balaban J connectivity index is 1.73. The van der Waals surface area contributed by atoms with Crippen molar-refractivity contribution >= 4 is 10.8 Å². The number of imidazole rings is 1. The van der Waals surface area contributed by atoms with Crippen molar-refractivity contribution in [3.8, 4) is 0 Å². The lowest BCUT2D eigenvalue weighted by Crippen LogP contribution is -2.39. The van der Waals surface area contributed by atoms with E-state index < -0.39 is 10.8 Å². The van der Waals surface area contributed by atoms with Crippen molar-refractivity contribution in [2.75, 3.05) is 31.1 Å². The van der Waals surface area contributed by atoms with Gasteiger partial charge in [0, 0.05) is 60.9 Å². The van der Waals surface area contributed by atoms with Crippen molar-refractivity contribution in [2.45, 2.75) is 6.54 Å². The minimum atomic E-state index is -0.562. The summed E-state index contributed by atoms with van der Waals surface area (Å²) in [4.78, 5) is 6.36. The second kappa shape index (κ2) is 4.70. The van der Waals surface area contributed by atoms with Gasteiger partial charge in [0.2, 0.25) is 0 Å². The van der Waals surface area contributed by atoms with Gasteiger partial charge in [0.15, 0.2) is 0 Å². The van der Waals surface area contributed by atoms with E-state index >= 15 is 0 Å². The Labute approximate surface area is 86.4 Å². The lowest BCUT2D eigenvalue weighted by atomic mass is 10.4. The van der Waals surface area contributed by atoms with Gasteiger partial charge in [0.1, 0.15) is 0 Å². The Morgan fingerprint density at radius 3 is 2.71 bits per heavy atom. The summed E-state index contributed by atoms with van der Waals surface area (Å²) in [7, 11) is -0.562. The molecule has 0 spiro atoms. The standard InChI is InChI=1S/C9H15N3OS/c13-14-7-5-11(6-8-14)3-4-12-2-1-10-9-12/h1-2,9H,3-8H2. The lowest BCUT2D eigenvalue weighted by Gasteiger charge is -2.25. The molecule has 0 saturated carbocycles. The van der Waals surface area contributed by atoms with Crippen molar-refractivity contribution in [3.05, 3.63) is 18.7 Å². The second-order valence-corrected chi connectivity index (χ2v) is 5.19. The fraction of sp³-hybridized carbons (Fsp3) is 0.667. The molecule has 0 atom stereocenters. The van der Waals surface area contributed by atoms with Crippen LogP contribution in [-0.2, 0) is 17.3 Å². The molecule has 0 amide bonds. The molecule has 2 rings (SSSR count). The zero-order valence-electron chi connectivity index (χ0n) is 8.13. The van der Waals surface area contributed by atoms with Gasteiger partial charge in [-0.15, -0.1) is 0 Å². The van der Waals surface area contributed by atoms with Crippen LogP contribution in [0, 0.1) is 0 Å². The van der Waals surface area contributed by atoms with Gasteiger partial charge in [0.05, 0.1) is 6.33 Å². The van der Waals surface area contributed by atoms with Gasteiger partial charge in [-0.25, -0.2) is 4.98 Å². The third-order valence-corrected chi connectivity index (χ3v) is 3.78. The first-order valence-electron chi connectivity index (χ1n) is 4.88. The highest BCUT2D eigenvalue weighted by Crippen LogP contribution is 2.00. The SMILES string of the molecule is O=S1CCN(CCn2ccnc2)CC1. The summed E-state index contributed by atoms with van der Waals surface area (Å²) in [6.07, 6.45) is 5.61. The van der Waals surface area contributed by atoms with Gasteiger partial charge in [-0.2, -0.15) is 0 Å². The van der Waals surface area contributed by atoms with Crippen LogP contribution >= 0.6 is 0 Å². The maximum atomic E-state index is 11.1. The molecule has 0 bridgehead atoms. The Kier molecular flexibility index (Phi) is 3.31. The molecular weight excluding hydrogens is 198 g/mol. The molecule has 5 heteroatoms. The first kappa shape index (κ1) is 9.86. The van der Waals surface area contributed by atoms with Crippen LogP contribution in [0.15, 0.2) is 18.7 Å². The Hall–Kier alpha value is -0.680. The molecule has 0 unspecified atom stereocenters. The van der Waals surface area contributed by atoms with E-state index in [1.54, 1.807) is 6.20 Å². The maximum absolute atomic E-state index is 11.1. The molecule has 0 N–H and O–H groups in total. The predicted molar refractivity (Wildman–Crippen MR) is 56.5 cm³/mol. The van der Waals surface area contributed by atoms with Gasteiger partial charge in [-0.3, -0.25) is 9.11 Å². The minimum Gasteiger partial charge on any atom is -0.336 e. The third kappa shape index (κ3) is 2.65. The number of aromatic nitrogens is 2. The van der Waals surface area contributed by atoms with E-state index in [9.17, 15) is 4.21 Å². The van der Waals surface area contributed by atoms with Gasteiger partial charge >= 0.3 is 0 Å². The Morgan fingerprint density at radius 1 is 1.29 bits per heavy atom. The Morgan fingerprint density at radius 2 is 2.07 bits per heavy atom. The van der Waals surface area contributed by atoms with E-state index in [-0.39, 0.29) is 0 Å². The molecule has 4 nitrogen and oxygen atoms in total. The van der Waals surface area contributed by atoms with Crippen molar-refractivity contribution in [1.82, 2.24) is 14.5 Å². The van der Waals surface area contributed by atoms with E-state index in [1.807, 2.05) is 12.5 Å². The summed E-state index contributed by atoms with van der Waals surface area (Å²) >= 11 is 0. The molecule has 78 valence electrons. The zero-order chi connectivity index (χ0) is 9.80. The zero-order valence-corrected chi connectivity index (χ0v) is 8.95. The summed E-state index contributed by atoms with van der Waals surface area (Å²) < 4.78 is 13.2. The largest absolute Gasteiger partial charge is 0.336 e. The first-order valence-corrected chi connectivity index (χ1v) is 6.36. The highest BCUT2D eigenvalue weighted by molar-refractivity contribution is 7.85. The van der Waals surface area contributed by atoms with Crippen molar-refractivity contribution in [2.24, 2.45) is 0 Å². The summed E-state index contributed by atoms with van der Waals surface area (Å²) in [5, 5.41) is 0. The summed E-state index contributed by atoms with van der Waals surface area (Å²) in [6, 6.07) is 0. The van der Waals surface area contributed by atoms with Crippen LogP contribution in [0.4, 0.5) is 0 Å². The van der Waals surface area contributed by atoms with Gasteiger partial charge in [-0.05, 0) is 0 Å². The van der Waals surface area contributed by atoms with Crippen LogP contribution < -0.4 is 0 Å². The molecule has 2 heterocycles.